The van der Waals surface area contributed by atoms with Crippen LogP contribution in [-0.4, -0.2) is 33.4 Å². The van der Waals surface area contributed by atoms with E-state index >= 15 is 0 Å². The molecule has 3 atom stereocenters. The fourth-order valence-electron chi connectivity index (χ4n) is 2.41. The Balaban J connectivity index is 2.57. The van der Waals surface area contributed by atoms with Gasteiger partial charge < -0.3 is 10.8 Å². The molecule has 2 unspecified atom stereocenters. The first kappa shape index (κ1) is 15.5. The number of thioether (sulfide) groups is 1. The molecule has 18 heavy (non-hydrogen) atoms. The molecule has 4 nitrogen and oxygen atoms in total. The van der Waals surface area contributed by atoms with E-state index in [2.05, 4.69) is 6.92 Å². The topological polar surface area (TPSA) is 80.4 Å². The Morgan fingerprint density at radius 1 is 1.56 bits per heavy atom. The lowest BCUT2D eigenvalue weighted by atomic mass is 9.76. The minimum atomic E-state index is -0.984. The lowest BCUT2D eigenvalue weighted by molar-refractivity contribution is -0.137. The molecule has 0 spiro atoms. The van der Waals surface area contributed by atoms with E-state index in [9.17, 15) is 9.59 Å². The molecule has 1 rings (SSSR count). The van der Waals surface area contributed by atoms with Gasteiger partial charge in [0.05, 0.1) is 0 Å². The van der Waals surface area contributed by atoms with Crippen LogP contribution in [0.3, 0.4) is 0 Å². The summed E-state index contributed by atoms with van der Waals surface area (Å²) in [6.07, 6.45) is 2.63. The molecule has 0 radical (unpaired) electrons. The van der Waals surface area contributed by atoms with Gasteiger partial charge in [-0.3, -0.25) is 9.59 Å². The molecule has 1 fully saturated rings. The Kier molecular flexibility index (Phi) is 5.22. The third-order valence-corrected chi connectivity index (χ3v) is 5.23. The Morgan fingerprint density at radius 3 is 2.67 bits per heavy atom. The first-order valence-electron chi connectivity index (χ1n) is 6.39. The van der Waals surface area contributed by atoms with Gasteiger partial charge in [-0.05, 0) is 32.6 Å². The van der Waals surface area contributed by atoms with Crippen LogP contribution in [0.4, 0.5) is 0 Å². The van der Waals surface area contributed by atoms with Crippen molar-refractivity contribution in [3.63, 3.8) is 0 Å². The van der Waals surface area contributed by atoms with Crippen LogP contribution < -0.4 is 5.73 Å². The van der Waals surface area contributed by atoms with Crippen molar-refractivity contribution in [3.05, 3.63) is 0 Å². The highest BCUT2D eigenvalue weighted by molar-refractivity contribution is 8.00. The summed E-state index contributed by atoms with van der Waals surface area (Å²) in [5.41, 5.74) is 5.50. The van der Waals surface area contributed by atoms with Gasteiger partial charge in [0.25, 0.3) is 0 Å². The Labute approximate surface area is 113 Å². The number of carbonyl (C=O) groups excluding carboxylic acids is 1. The molecule has 3 N–H and O–H groups in total. The molecular weight excluding hydrogens is 250 g/mol. The van der Waals surface area contributed by atoms with Crippen molar-refractivity contribution in [2.45, 2.75) is 50.8 Å². The number of carbonyl (C=O) groups is 2. The van der Waals surface area contributed by atoms with Crippen LogP contribution in [0, 0.1) is 11.8 Å². The van der Waals surface area contributed by atoms with Gasteiger partial charge >= 0.3 is 5.97 Å². The van der Waals surface area contributed by atoms with Gasteiger partial charge in [0.15, 0.2) is 0 Å². The van der Waals surface area contributed by atoms with Crippen LogP contribution in [0.5, 0.6) is 0 Å². The Morgan fingerprint density at radius 2 is 2.17 bits per heavy atom. The summed E-state index contributed by atoms with van der Waals surface area (Å²) in [5, 5.41) is 8.77. The lowest BCUT2D eigenvalue weighted by Gasteiger charge is -2.37. The number of ketones is 1. The predicted molar refractivity (Wildman–Crippen MR) is 73.7 cm³/mol. The van der Waals surface area contributed by atoms with Crippen LogP contribution in [0.25, 0.3) is 0 Å². The van der Waals surface area contributed by atoms with Crippen LogP contribution in [0.15, 0.2) is 0 Å². The van der Waals surface area contributed by atoms with Crippen LogP contribution in [0.1, 0.15) is 40.0 Å². The third-order valence-electron chi connectivity index (χ3n) is 3.68. The summed E-state index contributed by atoms with van der Waals surface area (Å²) in [7, 11) is 0. The summed E-state index contributed by atoms with van der Waals surface area (Å²) in [4.78, 5) is 22.8. The van der Waals surface area contributed by atoms with E-state index in [0.717, 1.165) is 12.8 Å². The first-order valence-corrected chi connectivity index (χ1v) is 7.37. The molecule has 1 aliphatic carbocycles. The highest BCUT2D eigenvalue weighted by Crippen LogP contribution is 2.40. The maximum Gasteiger partial charge on any atom is 0.321 e. The molecule has 0 aliphatic heterocycles. The Bertz CT molecular complexity index is 330. The van der Waals surface area contributed by atoms with Gasteiger partial charge in [-0.1, -0.05) is 6.92 Å². The van der Waals surface area contributed by atoms with E-state index in [1.54, 1.807) is 0 Å². The summed E-state index contributed by atoms with van der Waals surface area (Å²) >= 11 is 1.50. The quantitative estimate of drug-likeness (QED) is 0.800. The minimum absolute atomic E-state index is 0.0275. The van der Waals surface area contributed by atoms with Gasteiger partial charge in [-0.25, -0.2) is 0 Å². The number of Topliss-reactive ketones (excluding diaryl/α,β-unsaturated/α-hetero) is 1. The monoisotopic (exact) mass is 273 g/mol. The predicted octanol–water partition coefficient (Wildman–Crippen LogP) is 1.92. The zero-order valence-electron chi connectivity index (χ0n) is 11.3. The van der Waals surface area contributed by atoms with Crippen molar-refractivity contribution < 1.29 is 14.7 Å². The zero-order valence-corrected chi connectivity index (χ0v) is 12.1. The van der Waals surface area contributed by atoms with Crippen molar-refractivity contribution in [2.24, 2.45) is 17.6 Å². The highest BCUT2D eigenvalue weighted by Gasteiger charge is 2.38. The van der Waals surface area contributed by atoms with Crippen molar-refractivity contribution in [1.29, 1.82) is 0 Å². The van der Waals surface area contributed by atoms with E-state index in [1.807, 2.05) is 13.8 Å². The van der Waals surface area contributed by atoms with Gasteiger partial charge in [0.1, 0.15) is 11.8 Å². The van der Waals surface area contributed by atoms with E-state index < -0.39 is 12.0 Å². The summed E-state index contributed by atoms with van der Waals surface area (Å²) < 4.78 is -0.232. The van der Waals surface area contributed by atoms with Gasteiger partial charge in [0, 0.05) is 22.8 Å². The van der Waals surface area contributed by atoms with Crippen molar-refractivity contribution in [1.82, 2.24) is 0 Å². The van der Waals surface area contributed by atoms with Crippen LogP contribution >= 0.6 is 11.8 Å². The third kappa shape index (κ3) is 3.99. The fourth-order valence-corrected chi connectivity index (χ4v) is 3.61. The van der Waals surface area contributed by atoms with Crippen molar-refractivity contribution in [2.75, 3.05) is 5.75 Å². The fraction of sp³-hybridized carbons (Fsp3) is 0.846. The molecule has 1 aliphatic rings. The zero-order chi connectivity index (χ0) is 13.9. The second-order valence-electron chi connectivity index (χ2n) is 5.76. The van der Waals surface area contributed by atoms with E-state index in [1.165, 1.54) is 11.8 Å². The molecule has 0 amide bonds. The lowest BCUT2D eigenvalue weighted by Crippen LogP contribution is -2.40. The number of carboxylic acids is 1. The van der Waals surface area contributed by atoms with Crippen LogP contribution in [-0.2, 0) is 9.59 Å². The van der Waals surface area contributed by atoms with Crippen molar-refractivity contribution in [3.8, 4) is 0 Å². The van der Waals surface area contributed by atoms with Gasteiger partial charge in [-0.15, -0.1) is 0 Å². The normalized spacial score (nSPS) is 27.0. The molecule has 0 heterocycles. The number of hydrogen-bond donors (Lipinski definition) is 2. The molecule has 0 aromatic rings. The van der Waals surface area contributed by atoms with Gasteiger partial charge in [0.2, 0.25) is 0 Å². The average molecular weight is 273 g/mol. The van der Waals surface area contributed by atoms with Crippen molar-refractivity contribution >= 4 is 23.5 Å². The average Bonchev–Trinajstić information content (AvgIpc) is 2.25. The number of aliphatic carboxylic acids is 1. The number of rotatable bonds is 5. The standard InChI is InChI=1S/C13H23NO3S/c1-8-4-5-9(11(15)6-8)13(2,3)18-7-10(14)12(16)17/h8-10H,4-7,14H2,1-3H3,(H,16,17)/t8?,9?,10-/m0/s1. The van der Waals surface area contributed by atoms with E-state index in [0.29, 0.717) is 23.9 Å². The minimum Gasteiger partial charge on any atom is -0.480 e. The molecule has 1 saturated carbocycles. The number of nitrogens with two attached hydrogens (primary N) is 1. The number of carboxylic acid groups (broad SMARTS) is 1. The SMILES string of the molecule is CC1CCC(C(C)(C)SC[C@H](N)C(=O)O)C(=O)C1. The van der Waals surface area contributed by atoms with E-state index in [-0.39, 0.29) is 10.7 Å². The maximum absolute atomic E-state index is 12.1. The molecule has 5 heteroatoms. The second-order valence-corrected chi connectivity index (χ2v) is 7.44. The smallest absolute Gasteiger partial charge is 0.321 e. The molecular formula is C13H23NO3S. The van der Waals surface area contributed by atoms with Crippen LogP contribution in [0.2, 0.25) is 0 Å². The highest BCUT2D eigenvalue weighted by atomic mass is 32.2. The first-order chi connectivity index (χ1) is 8.24. The molecule has 104 valence electrons. The largest absolute Gasteiger partial charge is 0.480 e. The molecule has 0 saturated heterocycles. The molecule has 0 aromatic carbocycles. The summed E-state index contributed by atoms with van der Waals surface area (Å²) in [6, 6.07) is -0.855. The number of hydrogen-bond acceptors (Lipinski definition) is 4. The summed E-state index contributed by atoms with van der Waals surface area (Å²) in [5.74, 6) is 0.189. The summed E-state index contributed by atoms with van der Waals surface area (Å²) in [6.45, 7) is 6.14. The van der Waals surface area contributed by atoms with Gasteiger partial charge in [-0.2, -0.15) is 11.8 Å². The second kappa shape index (κ2) is 6.06. The van der Waals surface area contributed by atoms with E-state index in [4.69, 9.17) is 10.8 Å². The molecule has 0 bridgehead atoms. The Hall–Kier alpha value is -0.550. The maximum atomic E-state index is 12.1. The molecule has 0 aromatic heterocycles.